The monoisotopic (exact) mass is 425 g/mol. The molecule has 0 aromatic carbocycles. The molecule has 176 valence electrons. The van der Waals surface area contributed by atoms with Gasteiger partial charge in [-0.2, -0.15) is 0 Å². The van der Waals surface area contributed by atoms with Gasteiger partial charge in [0, 0.05) is 50.0 Å². The van der Waals surface area contributed by atoms with Crippen molar-refractivity contribution in [2.75, 3.05) is 32.8 Å². The van der Waals surface area contributed by atoms with E-state index in [2.05, 4.69) is 72.2 Å². The van der Waals surface area contributed by atoms with Crippen molar-refractivity contribution < 1.29 is 5.11 Å². The lowest BCUT2D eigenvalue weighted by atomic mass is 9.93. The molecule has 2 aliphatic rings. The van der Waals surface area contributed by atoms with Crippen molar-refractivity contribution in [3.8, 4) is 0 Å². The fourth-order valence-electron chi connectivity index (χ4n) is 4.55. The van der Waals surface area contributed by atoms with Gasteiger partial charge in [-0.1, -0.05) is 40.2 Å². The van der Waals surface area contributed by atoms with Crippen molar-refractivity contribution in [3.05, 3.63) is 11.8 Å². The zero-order chi connectivity index (χ0) is 22.1. The lowest BCUT2D eigenvalue weighted by molar-refractivity contribution is 0.0284. The van der Waals surface area contributed by atoms with Crippen molar-refractivity contribution in [1.82, 2.24) is 31.5 Å². The van der Waals surface area contributed by atoms with E-state index in [1.165, 1.54) is 5.70 Å². The standard InChI is InChI=1S/C22H47N7O/c1-6-8-17(13-15(3)4)26-21-20(25-10-12-30)19(18(23)7-2)27-22(28-21)29-11-9-24-16(5)14-29/h13,15-16,18-22,24-28,30H,6-12,14,23H2,1-5H3/b17-13+. The minimum absolute atomic E-state index is 0.0205. The molecule has 2 saturated heterocycles. The topological polar surface area (TPSA) is 110 Å². The Bertz CT molecular complexity index is 516. The second kappa shape index (κ2) is 13.0. The third-order valence-electron chi connectivity index (χ3n) is 6.02. The average Bonchev–Trinajstić information content (AvgIpc) is 2.71. The van der Waals surface area contributed by atoms with E-state index in [-0.39, 0.29) is 37.2 Å². The molecule has 0 saturated carbocycles. The Morgan fingerprint density at radius 3 is 2.67 bits per heavy atom. The second-order valence-electron chi connectivity index (χ2n) is 9.20. The van der Waals surface area contributed by atoms with E-state index in [1.54, 1.807) is 0 Å². The molecule has 2 rings (SSSR count). The van der Waals surface area contributed by atoms with Crippen LogP contribution in [0.5, 0.6) is 0 Å². The highest BCUT2D eigenvalue weighted by atomic mass is 16.3. The van der Waals surface area contributed by atoms with E-state index in [9.17, 15) is 5.11 Å². The molecule has 0 aliphatic carbocycles. The highest BCUT2D eigenvalue weighted by Crippen LogP contribution is 2.17. The SMILES string of the molecule is CCC/C(=C\C(C)C)NC1NC(N2CCNC(C)C2)NC(C(N)CC)C1NCCO. The molecule has 8 heteroatoms. The number of aliphatic hydroxyl groups is 1. The lowest BCUT2D eigenvalue weighted by Gasteiger charge is -2.51. The van der Waals surface area contributed by atoms with E-state index < -0.39 is 0 Å². The fourth-order valence-corrected chi connectivity index (χ4v) is 4.55. The van der Waals surface area contributed by atoms with Gasteiger partial charge in [0.1, 0.15) is 6.29 Å². The number of hydrogen-bond donors (Lipinski definition) is 7. The van der Waals surface area contributed by atoms with Crippen LogP contribution in [0.4, 0.5) is 0 Å². The van der Waals surface area contributed by atoms with Gasteiger partial charge in [0.05, 0.1) is 18.8 Å². The van der Waals surface area contributed by atoms with Crippen LogP contribution in [0.3, 0.4) is 0 Å². The zero-order valence-corrected chi connectivity index (χ0v) is 19.7. The van der Waals surface area contributed by atoms with E-state index >= 15 is 0 Å². The number of nitrogens with two attached hydrogens (primary N) is 1. The van der Waals surface area contributed by atoms with Gasteiger partial charge in [-0.3, -0.25) is 15.5 Å². The van der Waals surface area contributed by atoms with Crippen molar-refractivity contribution in [3.63, 3.8) is 0 Å². The van der Waals surface area contributed by atoms with Crippen LogP contribution in [-0.4, -0.2) is 79.4 Å². The quantitative estimate of drug-likeness (QED) is 0.249. The summed E-state index contributed by atoms with van der Waals surface area (Å²) in [5, 5.41) is 27.9. The smallest absolute Gasteiger partial charge is 0.116 e. The fraction of sp³-hybridized carbons (Fsp3) is 0.909. The van der Waals surface area contributed by atoms with Gasteiger partial charge in [-0.05, 0) is 25.7 Å². The van der Waals surface area contributed by atoms with Crippen molar-refractivity contribution in [2.24, 2.45) is 11.7 Å². The largest absolute Gasteiger partial charge is 0.395 e. The third kappa shape index (κ3) is 7.44. The predicted molar refractivity (Wildman–Crippen MR) is 125 cm³/mol. The van der Waals surface area contributed by atoms with E-state index in [0.717, 1.165) is 38.9 Å². The Hall–Kier alpha value is -0.740. The molecule has 0 radical (unpaired) electrons. The van der Waals surface area contributed by atoms with Crippen LogP contribution in [0.15, 0.2) is 11.8 Å². The van der Waals surface area contributed by atoms with Crippen molar-refractivity contribution in [2.45, 2.75) is 90.5 Å². The van der Waals surface area contributed by atoms with Crippen molar-refractivity contribution in [1.29, 1.82) is 0 Å². The molecule has 2 heterocycles. The molecule has 0 aromatic heterocycles. The first-order valence-electron chi connectivity index (χ1n) is 12.0. The summed E-state index contributed by atoms with van der Waals surface area (Å²) < 4.78 is 0. The number of rotatable bonds is 11. The van der Waals surface area contributed by atoms with Crippen LogP contribution >= 0.6 is 0 Å². The maximum absolute atomic E-state index is 9.45. The summed E-state index contributed by atoms with van der Waals surface area (Å²) in [6.07, 6.45) is 5.43. The average molecular weight is 426 g/mol. The van der Waals surface area contributed by atoms with Crippen LogP contribution in [0.25, 0.3) is 0 Å². The molecule has 6 unspecified atom stereocenters. The Morgan fingerprint density at radius 1 is 1.30 bits per heavy atom. The van der Waals surface area contributed by atoms with Gasteiger partial charge in [-0.15, -0.1) is 0 Å². The highest BCUT2D eigenvalue weighted by Gasteiger charge is 2.41. The summed E-state index contributed by atoms with van der Waals surface area (Å²) in [5.74, 6) is 0.489. The molecule has 0 aromatic rings. The number of nitrogens with zero attached hydrogens (tertiary/aromatic N) is 1. The third-order valence-corrected chi connectivity index (χ3v) is 6.02. The summed E-state index contributed by atoms with van der Waals surface area (Å²) in [7, 11) is 0. The van der Waals surface area contributed by atoms with Gasteiger partial charge in [0.15, 0.2) is 0 Å². The van der Waals surface area contributed by atoms with E-state index in [0.29, 0.717) is 18.5 Å². The van der Waals surface area contributed by atoms with Gasteiger partial charge in [0.2, 0.25) is 0 Å². The maximum Gasteiger partial charge on any atom is 0.116 e. The molecule has 0 amide bonds. The normalized spacial score (nSPS) is 32.4. The first-order valence-corrected chi connectivity index (χ1v) is 12.0. The van der Waals surface area contributed by atoms with E-state index in [4.69, 9.17) is 5.73 Å². The summed E-state index contributed by atoms with van der Waals surface area (Å²) >= 11 is 0. The number of allylic oxidation sites excluding steroid dienone is 2. The number of nitrogens with one attached hydrogen (secondary N) is 5. The minimum atomic E-state index is 0.0205. The minimum Gasteiger partial charge on any atom is -0.395 e. The molecule has 2 aliphatic heterocycles. The van der Waals surface area contributed by atoms with Crippen LogP contribution in [0.1, 0.15) is 53.9 Å². The molecule has 2 fully saturated rings. The molecule has 30 heavy (non-hydrogen) atoms. The van der Waals surface area contributed by atoms with Gasteiger partial charge >= 0.3 is 0 Å². The zero-order valence-electron chi connectivity index (χ0n) is 19.7. The van der Waals surface area contributed by atoms with Crippen LogP contribution in [-0.2, 0) is 0 Å². The Morgan fingerprint density at radius 2 is 2.07 bits per heavy atom. The molecule has 0 bridgehead atoms. The summed E-state index contributed by atoms with van der Waals surface area (Å²) in [6.45, 7) is 14.7. The lowest BCUT2D eigenvalue weighted by Crippen LogP contribution is -2.79. The van der Waals surface area contributed by atoms with Crippen molar-refractivity contribution >= 4 is 0 Å². The maximum atomic E-state index is 9.45. The Balaban J connectivity index is 2.27. The van der Waals surface area contributed by atoms with Gasteiger partial charge < -0.3 is 26.8 Å². The summed E-state index contributed by atoms with van der Waals surface area (Å²) in [5.41, 5.74) is 7.87. The molecule has 0 spiro atoms. The highest BCUT2D eigenvalue weighted by molar-refractivity contribution is 5.09. The van der Waals surface area contributed by atoms with Gasteiger partial charge in [-0.25, -0.2) is 0 Å². The Labute approximate surface area is 183 Å². The van der Waals surface area contributed by atoms with Crippen LogP contribution in [0.2, 0.25) is 0 Å². The van der Waals surface area contributed by atoms with Crippen LogP contribution < -0.4 is 32.3 Å². The first-order chi connectivity index (χ1) is 14.4. The summed E-state index contributed by atoms with van der Waals surface area (Å²) in [4.78, 5) is 2.47. The molecule has 6 atom stereocenters. The number of aliphatic hydroxyl groups excluding tert-OH is 1. The van der Waals surface area contributed by atoms with Gasteiger partial charge in [0.25, 0.3) is 0 Å². The predicted octanol–water partition coefficient (Wildman–Crippen LogP) is 0.0686. The number of piperazine rings is 1. The van der Waals surface area contributed by atoms with Crippen LogP contribution in [0, 0.1) is 5.92 Å². The molecule has 8 nitrogen and oxygen atoms in total. The number of hydrogen-bond acceptors (Lipinski definition) is 8. The molecule has 8 N–H and O–H groups in total. The molecular formula is C22H47N7O. The van der Waals surface area contributed by atoms with E-state index in [1.807, 2.05) is 0 Å². The molecular weight excluding hydrogens is 378 g/mol. The Kier molecular flexibility index (Phi) is 11.0. The summed E-state index contributed by atoms with van der Waals surface area (Å²) in [6, 6.07) is 0.654. The second-order valence-corrected chi connectivity index (χ2v) is 9.20. The first kappa shape index (κ1) is 25.5.